The SMILES string of the molecule is CCCCOC(=O)c1cc(Cl)c(Sc2nnc(C)n2N)c([N+](=O)[O-])c1. The molecule has 0 aliphatic carbocycles. The molecule has 0 spiro atoms. The Labute approximate surface area is 152 Å². The van der Waals surface area contributed by atoms with E-state index < -0.39 is 10.9 Å². The zero-order valence-electron chi connectivity index (χ0n) is 13.6. The summed E-state index contributed by atoms with van der Waals surface area (Å²) in [5, 5.41) is 19.3. The number of benzene rings is 1. The number of carbonyl (C=O) groups is 1. The van der Waals surface area contributed by atoms with Crippen LogP contribution >= 0.6 is 23.4 Å². The largest absolute Gasteiger partial charge is 0.462 e. The summed E-state index contributed by atoms with van der Waals surface area (Å²) in [7, 11) is 0. The maximum absolute atomic E-state index is 12.0. The van der Waals surface area contributed by atoms with Gasteiger partial charge in [0.25, 0.3) is 5.69 Å². The molecular formula is C14H16ClN5O4S. The Kier molecular flexibility index (Phi) is 6.21. The molecule has 0 aliphatic heterocycles. The minimum atomic E-state index is -0.659. The van der Waals surface area contributed by atoms with Crippen LogP contribution in [0.25, 0.3) is 0 Å². The first-order valence-electron chi connectivity index (χ1n) is 7.35. The minimum absolute atomic E-state index is 0.0162. The van der Waals surface area contributed by atoms with E-state index in [2.05, 4.69) is 10.2 Å². The predicted octanol–water partition coefficient (Wildman–Crippen LogP) is 2.97. The molecule has 9 nitrogen and oxygen atoms in total. The van der Waals surface area contributed by atoms with E-state index in [-0.39, 0.29) is 32.9 Å². The van der Waals surface area contributed by atoms with E-state index in [1.165, 1.54) is 10.7 Å². The average molecular weight is 386 g/mol. The van der Waals surface area contributed by atoms with Crippen molar-refractivity contribution in [3.8, 4) is 0 Å². The fourth-order valence-electron chi connectivity index (χ4n) is 1.84. The molecule has 1 aromatic carbocycles. The summed E-state index contributed by atoms with van der Waals surface area (Å²) in [4.78, 5) is 22.9. The number of carbonyl (C=O) groups excluding carboxylic acids is 1. The highest BCUT2D eigenvalue weighted by atomic mass is 35.5. The van der Waals surface area contributed by atoms with Crippen LogP contribution in [0.5, 0.6) is 0 Å². The van der Waals surface area contributed by atoms with Crippen LogP contribution in [-0.4, -0.2) is 32.4 Å². The van der Waals surface area contributed by atoms with Gasteiger partial charge in [0, 0.05) is 6.07 Å². The van der Waals surface area contributed by atoms with Crippen molar-refractivity contribution < 1.29 is 14.5 Å². The van der Waals surface area contributed by atoms with Crippen LogP contribution in [0, 0.1) is 17.0 Å². The van der Waals surface area contributed by atoms with Crippen molar-refractivity contribution in [1.82, 2.24) is 14.9 Å². The van der Waals surface area contributed by atoms with Crippen molar-refractivity contribution in [2.45, 2.75) is 36.7 Å². The molecule has 2 aromatic rings. The highest BCUT2D eigenvalue weighted by Crippen LogP contribution is 2.40. The molecule has 2 N–H and O–H groups in total. The maximum atomic E-state index is 12.0. The Bertz CT molecular complexity index is 811. The summed E-state index contributed by atoms with van der Waals surface area (Å²) in [6.07, 6.45) is 1.57. The van der Waals surface area contributed by atoms with Gasteiger partial charge in [0.1, 0.15) is 10.7 Å². The molecular weight excluding hydrogens is 370 g/mol. The van der Waals surface area contributed by atoms with Gasteiger partial charge in [-0.2, -0.15) is 0 Å². The number of nitro benzene ring substituents is 1. The first-order valence-corrected chi connectivity index (χ1v) is 8.54. The van der Waals surface area contributed by atoms with E-state index in [4.69, 9.17) is 22.2 Å². The second-order valence-electron chi connectivity index (χ2n) is 5.05. The number of esters is 1. The molecule has 0 bridgehead atoms. The van der Waals surface area contributed by atoms with Gasteiger partial charge in [-0.15, -0.1) is 10.2 Å². The van der Waals surface area contributed by atoms with Gasteiger partial charge < -0.3 is 10.6 Å². The van der Waals surface area contributed by atoms with Gasteiger partial charge in [-0.3, -0.25) is 10.1 Å². The first kappa shape index (κ1) is 19.0. The Hall–Kier alpha value is -2.33. The van der Waals surface area contributed by atoms with Crippen LogP contribution < -0.4 is 5.84 Å². The molecule has 0 unspecified atom stereocenters. The van der Waals surface area contributed by atoms with Crippen molar-refractivity contribution in [2.75, 3.05) is 12.4 Å². The summed E-state index contributed by atoms with van der Waals surface area (Å²) in [5.41, 5.74) is -0.317. The molecule has 0 radical (unpaired) electrons. The van der Waals surface area contributed by atoms with Crippen LogP contribution in [-0.2, 0) is 4.74 Å². The molecule has 25 heavy (non-hydrogen) atoms. The summed E-state index contributed by atoms with van der Waals surface area (Å²) in [6.45, 7) is 3.84. The number of nitrogens with zero attached hydrogens (tertiary/aromatic N) is 4. The number of rotatable bonds is 7. The standard InChI is InChI=1S/C14H16ClN5O4S/c1-3-4-5-24-13(21)9-6-10(15)12(11(7-9)20(22)23)25-14-18-17-8(2)19(14)16/h6-7H,3-5,16H2,1-2H3. The number of nitrogens with two attached hydrogens (primary N) is 1. The predicted molar refractivity (Wildman–Crippen MR) is 92.3 cm³/mol. The summed E-state index contributed by atoms with van der Waals surface area (Å²) in [5.74, 6) is 5.54. The zero-order valence-corrected chi connectivity index (χ0v) is 15.1. The van der Waals surface area contributed by atoms with Gasteiger partial charge in [-0.1, -0.05) is 24.9 Å². The van der Waals surface area contributed by atoms with Gasteiger partial charge >= 0.3 is 5.97 Å². The number of hydrogen-bond donors (Lipinski definition) is 1. The lowest BCUT2D eigenvalue weighted by atomic mass is 10.2. The van der Waals surface area contributed by atoms with Gasteiger partial charge in [0.2, 0.25) is 5.16 Å². The Morgan fingerprint density at radius 3 is 2.76 bits per heavy atom. The maximum Gasteiger partial charge on any atom is 0.338 e. The van der Waals surface area contributed by atoms with Crippen LogP contribution in [0.3, 0.4) is 0 Å². The average Bonchev–Trinajstić information content (AvgIpc) is 2.88. The molecule has 0 saturated carbocycles. The third kappa shape index (κ3) is 4.40. The summed E-state index contributed by atoms with van der Waals surface area (Å²) >= 11 is 7.06. The topological polar surface area (TPSA) is 126 Å². The number of aromatic nitrogens is 3. The van der Waals surface area contributed by atoms with Crippen molar-refractivity contribution in [1.29, 1.82) is 0 Å². The van der Waals surface area contributed by atoms with Crippen LogP contribution in [0.2, 0.25) is 5.02 Å². The smallest absolute Gasteiger partial charge is 0.338 e. The van der Waals surface area contributed by atoms with Crippen molar-refractivity contribution in [3.05, 3.63) is 38.7 Å². The third-order valence-corrected chi connectivity index (χ3v) is 4.72. The summed E-state index contributed by atoms with van der Waals surface area (Å²) < 4.78 is 6.26. The lowest BCUT2D eigenvalue weighted by Crippen LogP contribution is -2.11. The van der Waals surface area contributed by atoms with E-state index in [9.17, 15) is 14.9 Å². The number of nitro groups is 1. The molecule has 134 valence electrons. The second-order valence-corrected chi connectivity index (χ2v) is 6.44. The molecule has 11 heteroatoms. The van der Waals surface area contributed by atoms with Crippen LogP contribution in [0.1, 0.15) is 35.9 Å². The molecule has 0 atom stereocenters. The fraction of sp³-hybridized carbons (Fsp3) is 0.357. The molecule has 0 aliphatic rings. The molecule has 1 heterocycles. The molecule has 0 saturated heterocycles. The number of nitrogen functional groups attached to an aromatic ring is 1. The Morgan fingerprint density at radius 2 is 2.20 bits per heavy atom. The lowest BCUT2D eigenvalue weighted by molar-refractivity contribution is -0.387. The highest BCUT2D eigenvalue weighted by Gasteiger charge is 2.25. The van der Waals surface area contributed by atoms with Crippen molar-refractivity contribution in [3.63, 3.8) is 0 Å². The molecule has 0 fully saturated rings. The number of unbranched alkanes of at least 4 members (excludes halogenated alkanes) is 1. The fourth-order valence-corrected chi connectivity index (χ4v) is 3.06. The Morgan fingerprint density at radius 1 is 1.48 bits per heavy atom. The Balaban J connectivity index is 2.36. The van der Waals surface area contributed by atoms with Gasteiger partial charge in [0.05, 0.1) is 22.1 Å². The zero-order chi connectivity index (χ0) is 18.6. The third-order valence-electron chi connectivity index (χ3n) is 3.22. The lowest BCUT2D eigenvalue weighted by Gasteiger charge is -2.08. The second kappa shape index (κ2) is 8.17. The summed E-state index contributed by atoms with van der Waals surface area (Å²) in [6, 6.07) is 2.46. The first-order chi connectivity index (χ1) is 11.8. The molecule has 1 aromatic heterocycles. The van der Waals surface area contributed by atoms with Crippen LogP contribution in [0.15, 0.2) is 22.2 Å². The number of halogens is 1. The van der Waals surface area contributed by atoms with Gasteiger partial charge in [-0.05, 0) is 31.2 Å². The number of aryl methyl sites for hydroxylation is 1. The van der Waals surface area contributed by atoms with E-state index in [1.807, 2.05) is 6.92 Å². The van der Waals surface area contributed by atoms with E-state index >= 15 is 0 Å². The number of ether oxygens (including phenoxy) is 1. The normalized spacial score (nSPS) is 10.7. The van der Waals surface area contributed by atoms with E-state index in [0.717, 1.165) is 24.2 Å². The molecule has 2 rings (SSSR count). The molecule has 0 amide bonds. The quantitative estimate of drug-likeness (QED) is 0.253. The van der Waals surface area contributed by atoms with Crippen LogP contribution in [0.4, 0.5) is 5.69 Å². The van der Waals surface area contributed by atoms with Crippen molar-refractivity contribution in [2.24, 2.45) is 0 Å². The minimum Gasteiger partial charge on any atom is -0.462 e. The monoisotopic (exact) mass is 385 g/mol. The highest BCUT2D eigenvalue weighted by molar-refractivity contribution is 7.99. The van der Waals surface area contributed by atoms with E-state index in [1.54, 1.807) is 6.92 Å². The van der Waals surface area contributed by atoms with Gasteiger partial charge in [0.15, 0.2) is 0 Å². The van der Waals surface area contributed by atoms with Crippen molar-refractivity contribution >= 4 is 35.0 Å². The van der Waals surface area contributed by atoms with Gasteiger partial charge in [-0.25, -0.2) is 9.47 Å². The van der Waals surface area contributed by atoms with E-state index in [0.29, 0.717) is 12.2 Å². The number of hydrogen-bond acceptors (Lipinski definition) is 8.